The summed E-state index contributed by atoms with van der Waals surface area (Å²) in [5.41, 5.74) is 2.87. The van der Waals surface area contributed by atoms with Gasteiger partial charge in [0.15, 0.2) is 11.5 Å². The number of phenolic OH excluding ortho intramolecular Hbond substituents is 1. The van der Waals surface area contributed by atoms with Crippen LogP contribution < -0.4 is 15.4 Å². The zero-order chi connectivity index (χ0) is 22.2. The number of pyridine rings is 1. The zero-order valence-corrected chi connectivity index (χ0v) is 18.1. The van der Waals surface area contributed by atoms with Crippen molar-refractivity contribution < 1.29 is 14.6 Å². The van der Waals surface area contributed by atoms with Gasteiger partial charge >= 0.3 is 0 Å². The maximum absolute atomic E-state index is 12.5. The summed E-state index contributed by atoms with van der Waals surface area (Å²) in [7, 11) is 0. The number of amides is 1. The first kappa shape index (κ1) is 21.7. The summed E-state index contributed by atoms with van der Waals surface area (Å²) in [6.07, 6.45) is 7.97. The fourth-order valence-corrected chi connectivity index (χ4v) is 4.05. The van der Waals surface area contributed by atoms with Gasteiger partial charge in [-0.3, -0.25) is 9.78 Å². The van der Waals surface area contributed by atoms with E-state index < -0.39 is 0 Å². The number of aromatic hydroxyl groups is 1. The number of benzene rings is 2. The van der Waals surface area contributed by atoms with Crippen molar-refractivity contribution in [2.75, 3.05) is 11.9 Å². The van der Waals surface area contributed by atoms with Gasteiger partial charge in [0.05, 0.1) is 5.69 Å². The normalized spacial score (nSPS) is 13.6. The molecule has 32 heavy (non-hydrogen) atoms. The van der Waals surface area contributed by atoms with E-state index in [1.165, 1.54) is 25.7 Å². The second-order valence-electron chi connectivity index (χ2n) is 8.19. The molecule has 3 aromatic rings. The lowest BCUT2D eigenvalue weighted by atomic mass is 10.0. The van der Waals surface area contributed by atoms with Crippen LogP contribution in [0.5, 0.6) is 11.5 Å². The average Bonchev–Trinajstić information content (AvgIpc) is 3.33. The number of aromatic nitrogens is 1. The molecule has 0 unspecified atom stereocenters. The third-order valence-corrected chi connectivity index (χ3v) is 5.79. The van der Waals surface area contributed by atoms with E-state index in [2.05, 4.69) is 15.6 Å². The van der Waals surface area contributed by atoms with Crippen molar-refractivity contribution in [3.8, 4) is 11.5 Å². The quantitative estimate of drug-likeness (QED) is 0.421. The van der Waals surface area contributed by atoms with Gasteiger partial charge in [-0.25, -0.2) is 0 Å². The second kappa shape index (κ2) is 10.7. The fourth-order valence-electron chi connectivity index (χ4n) is 4.05. The number of rotatable bonds is 9. The molecule has 1 aliphatic carbocycles. The van der Waals surface area contributed by atoms with Crippen molar-refractivity contribution in [2.24, 2.45) is 5.92 Å². The third-order valence-electron chi connectivity index (χ3n) is 5.79. The Bertz CT molecular complexity index is 1030. The molecule has 0 radical (unpaired) electrons. The Kier molecular flexibility index (Phi) is 7.23. The number of ether oxygens (including phenoxy) is 1. The molecule has 6 heteroatoms. The highest BCUT2D eigenvalue weighted by atomic mass is 16.5. The van der Waals surface area contributed by atoms with Crippen LogP contribution in [-0.2, 0) is 6.61 Å². The van der Waals surface area contributed by atoms with Gasteiger partial charge in [0.1, 0.15) is 6.61 Å². The predicted octanol–water partition coefficient (Wildman–Crippen LogP) is 5.42. The molecule has 1 saturated carbocycles. The van der Waals surface area contributed by atoms with E-state index in [9.17, 15) is 9.90 Å². The van der Waals surface area contributed by atoms with Crippen LogP contribution in [0.3, 0.4) is 0 Å². The summed E-state index contributed by atoms with van der Waals surface area (Å²) < 4.78 is 5.66. The largest absolute Gasteiger partial charge is 0.504 e. The van der Waals surface area contributed by atoms with Crippen LogP contribution >= 0.6 is 0 Å². The Balaban J connectivity index is 1.32. The van der Waals surface area contributed by atoms with Crippen LogP contribution in [0.2, 0.25) is 0 Å². The highest BCUT2D eigenvalue weighted by Crippen LogP contribution is 2.31. The number of carbonyl (C=O) groups is 1. The smallest absolute Gasteiger partial charge is 0.251 e. The van der Waals surface area contributed by atoms with Crippen molar-refractivity contribution in [1.82, 2.24) is 10.3 Å². The van der Waals surface area contributed by atoms with Crippen molar-refractivity contribution in [3.63, 3.8) is 0 Å². The van der Waals surface area contributed by atoms with Crippen LogP contribution in [0, 0.1) is 5.92 Å². The van der Waals surface area contributed by atoms with E-state index in [0.29, 0.717) is 17.0 Å². The first-order valence-electron chi connectivity index (χ1n) is 11.2. The van der Waals surface area contributed by atoms with Crippen molar-refractivity contribution in [3.05, 3.63) is 78.1 Å². The first-order valence-corrected chi connectivity index (χ1v) is 11.2. The van der Waals surface area contributed by atoms with Gasteiger partial charge in [0.2, 0.25) is 0 Å². The van der Waals surface area contributed by atoms with E-state index in [0.717, 1.165) is 30.3 Å². The molecule has 0 atom stereocenters. The van der Waals surface area contributed by atoms with Crippen LogP contribution in [0.1, 0.15) is 48.2 Å². The molecule has 1 amide bonds. The second-order valence-corrected chi connectivity index (χ2v) is 8.19. The summed E-state index contributed by atoms with van der Waals surface area (Å²) in [6, 6.07) is 18.1. The maximum atomic E-state index is 12.5. The van der Waals surface area contributed by atoms with Gasteiger partial charge < -0.3 is 20.5 Å². The number of nitrogens with one attached hydrogen (secondary N) is 2. The van der Waals surface area contributed by atoms with E-state index in [1.54, 1.807) is 18.3 Å². The van der Waals surface area contributed by atoms with E-state index in [-0.39, 0.29) is 18.3 Å². The van der Waals surface area contributed by atoms with Crippen molar-refractivity contribution >= 4 is 17.3 Å². The molecule has 0 saturated heterocycles. The zero-order valence-electron chi connectivity index (χ0n) is 18.1. The Hall–Kier alpha value is -3.54. The third kappa shape index (κ3) is 6.00. The van der Waals surface area contributed by atoms with Gasteiger partial charge in [-0.1, -0.05) is 37.8 Å². The summed E-state index contributed by atoms with van der Waals surface area (Å²) in [5.74, 6) is 1.11. The minimum Gasteiger partial charge on any atom is -0.504 e. The predicted molar refractivity (Wildman–Crippen MR) is 125 cm³/mol. The monoisotopic (exact) mass is 431 g/mol. The van der Waals surface area contributed by atoms with E-state index >= 15 is 0 Å². The molecule has 1 heterocycles. The number of nitrogens with zero attached hydrogens (tertiary/aromatic N) is 1. The van der Waals surface area contributed by atoms with Gasteiger partial charge in [0, 0.05) is 35.7 Å². The molecule has 4 rings (SSSR count). The lowest BCUT2D eigenvalue weighted by Gasteiger charge is -2.12. The molecule has 1 fully saturated rings. The van der Waals surface area contributed by atoms with Crippen LogP contribution in [0.25, 0.3) is 0 Å². The number of hydrogen-bond donors (Lipinski definition) is 3. The van der Waals surface area contributed by atoms with Crippen LogP contribution in [-0.4, -0.2) is 22.5 Å². The fraction of sp³-hybridized carbons (Fsp3) is 0.308. The maximum Gasteiger partial charge on any atom is 0.251 e. The van der Waals surface area contributed by atoms with Crippen LogP contribution in [0.4, 0.5) is 11.4 Å². The molecule has 0 aliphatic heterocycles. The van der Waals surface area contributed by atoms with Crippen molar-refractivity contribution in [1.29, 1.82) is 0 Å². The van der Waals surface area contributed by atoms with E-state index in [4.69, 9.17) is 4.74 Å². The molecular weight excluding hydrogens is 402 g/mol. The van der Waals surface area contributed by atoms with Gasteiger partial charge in [-0.15, -0.1) is 0 Å². The molecular formula is C26H29N3O3. The van der Waals surface area contributed by atoms with Gasteiger partial charge in [0.25, 0.3) is 5.91 Å². The Labute approximate surface area is 188 Å². The Morgan fingerprint density at radius 2 is 1.88 bits per heavy atom. The first-order chi connectivity index (χ1) is 15.7. The Morgan fingerprint density at radius 3 is 2.66 bits per heavy atom. The molecule has 1 aliphatic rings. The van der Waals surface area contributed by atoms with Gasteiger partial charge in [-0.05, 0) is 54.8 Å². The molecule has 0 bridgehead atoms. The molecule has 6 nitrogen and oxygen atoms in total. The molecule has 0 spiro atoms. The number of anilines is 2. The topological polar surface area (TPSA) is 83.5 Å². The average molecular weight is 432 g/mol. The Morgan fingerprint density at radius 1 is 1.03 bits per heavy atom. The SMILES string of the molecule is O=C(NCCC1CCCC1)c1cccc(Nc2ccc(OCc3ccccn3)c(O)c2)c1. The van der Waals surface area contributed by atoms with E-state index in [1.807, 2.05) is 48.5 Å². The standard InChI is InChI=1S/C26H29N3O3/c30-24-17-22(11-12-25(24)32-18-23-9-3-4-14-27-23)29-21-10-5-8-20(16-21)26(31)28-15-13-19-6-1-2-7-19/h3-5,8-12,14,16-17,19,29-30H,1-2,6-7,13,15,18H2,(H,28,31). The summed E-state index contributed by atoms with van der Waals surface area (Å²) in [6.45, 7) is 0.994. The summed E-state index contributed by atoms with van der Waals surface area (Å²) >= 11 is 0. The summed E-state index contributed by atoms with van der Waals surface area (Å²) in [5, 5.41) is 16.6. The van der Waals surface area contributed by atoms with Crippen LogP contribution in [0.15, 0.2) is 66.9 Å². The molecule has 1 aromatic heterocycles. The lowest BCUT2D eigenvalue weighted by Crippen LogP contribution is -2.25. The molecule has 166 valence electrons. The molecule has 3 N–H and O–H groups in total. The minimum absolute atomic E-state index is 0.0340. The number of carbonyl (C=O) groups excluding carboxylic acids is 1. The highest BCUT2D eigenvalue weighted by Gasteiger charge is 2.15. The lowest BCUT2D eigenvalue weighted by molar-refractivity contribution is 0.0951. The summed E-state index contributed by atoms with van der Waals surface area (Å²) in [4.78, 5) is 16.7. The minimum atomic E-state index is -0.0623. The number of hydrogen-bond acceptors (Lipinski definition) is 5. The highest BCUT2D eigenvalue weighted by molar-refractivity contribution is 5.95. The van der Waals surface area contributed by atoms with Gasteiger partial charge in [-0.2, -0.15) is 0 Å². The molecule has 2 aromatic carbocycles. The number of phenols is 1. The van der Waals surface area contributed by atoms with Crippen molar-refractivity contribution in [2.45, 2.75) is 38.7 Å².